The fourth-order valence-electron chi connectivity index (χ4n) is 2.90. The van der Waals surface area contributed by atoms with E-state index in [-0.39, 0.29) is 5.69 Å². The maximum Gasteiger partial charge on any atom is 0.352 e. The zero-order valence-corrected chi connectivity index (χ0v) is 15.1. The minimum atomic E-state index is -0.195. The molecular formula is C18H17N5OS. The van der Waals surface area contributed by atoms with Crippen LogP contribution in [0.3, 0.4) is 0 Å². The molecule has 126 valence electrons. The molecule has 0 saturated carbocycles. The smallest absolute Gasteiger partial charge is 0.279 e. The highest BCUT2D eigenvalue weighted by molar-refractivity contribution is 7.19. The zero-order valence-electron chi connectivity index (χ0n) is 14.3. The molecule has 0 saturated heterocycles. The van der Waals surface area contributed by atoms with Crippen molar-refractivity contribution in [2.75, 3.05) is 0 Å². The highest BCUT2D eigenvalue weighted by Gasteiger charge is 2.20. The number of thiophene rings is 1. The summed E-state index contributed by atoms with van der Waals surface area (Å²) in [5.41, 5.74) is 3.29. The molecule has 4 aromatic heterocycles. The first-order valence-corrected chi connectivity index (χ1v) is 8.73. The Morgan fingerprint density at radius 3 is 2.68 bits per heavy atom. The molecule has 0 radical (unpaired) electrons. The summed E-state index contributed by atoms with van der Waals surface area (Å²) in [6.07, 6.45) is 3.38. The van der Waals surface area contributed by atoms with Crippen LogP contribution in [0.2, 0.25) is 0 Å². The molecule has 4 rings (SSSR count). The van der Waals surface area contributed by atoms with Crippen LogP contribution in [0, 0.1) is 13.8 Å². The molecule has 0 bridgehead atoms. The van der Waals surface area contributed by atoms with Crippen molar-refractivity contribution in [1.82, 2.24) is 24.1 Å². The van der Waals surface area contributed by atoms with Gasteiger partial charge in [0.1, 0.15) is 4.83 Å². The second-order valence-corrected chi connectivity index (χ2v) is 7.40. The van der Waals surface area contributed by atoms with Gasteiger partial charge in [0.05, 0.1) is 5.39 Å². The Hall–Kier alpha value is -2.80. The maximum absolute atomic E-state index is 13.0. The van der Waals surface area contributed by atoms with Crippen LogP contribution in [-0.4, -0.2) is 24.1 Å². The average molecular weight is 351 g/mol. The van der Waals surface area contributed by atoms with Crippen LogP contribution < -0.4 is 5.69 Å². The second-order valence-electron chi connectivity index (χ2n) is 6.20. The van der Waals surface area contributed by atoms with Crippen molar-refractivity contribution in [1.29, 1.82) is 0 Å². The largest absolute Gasteiger partial charge is 0.352 e. The highest BCUT2D eigenvalue weighted by atomic mass is 32.1. The van der Waals surface area contributed by atoms with Gasteiger partial charge in [-0.3, -0.25) is 9.55 Å². The van der Waals surface area contributed by atoms with Crippen LogP contribution in [0.1, 0.15) is 17.4 Å². The fourth-order valence-corrected chi connectivity index (χ4v) is 4.05. The summed E-state index contributed by atoms with van der Waals surface area (Å²) in [6.45, 7) is 10.5. The molecule has 0 amide bonds. The predicted octanol–water partition coefficient (Wildman–Crippen LogP) is 3.36. The Morgan fingerprint density at radius 1 is 1.28 bits per heavy atom. The fraction of sp³-hybridized carbons (Fsp3) is 0.222. The van der Waals surface area contributed by atoms with E-state index in [0.717, 1.165) is 26.9 Å². The lowest BCUT2D eigenvalue weighted by atomic mass is 10.2. The van der Waals surface area contributed by atoms with Crippen molar-refractivity contribution < 1.29 is 0 Å². The van der Waals surface area contributed by atoms with Crippen molar-refractivity contribution in [3.8, 4) is 11.4 Å². The van der Waals surface area contributed by atoms with E-state index in [2.05, 4.69) is 35.5 Å². The number of hydrogen-bond acceptors (Lipinski definition) is 5. The molecule has 0 aliphatic heterocycles. The van der Waals surface area contributed by atoms with Gasteiger partial charge in [-0.25, -0.2) is 9.78 Å². The first kappa shape index (κ1) is 15.7. The van der Waals surface area contributed by atoms with Gasteiger partial charge in [0.25, 0.3) is 0 Å². The van der Waals surface area contributed by atoms with Crippen molar-refractivity contribution in [2.24, 2.45) is 0 Å². The van der Waals surface area contributed by atoms with Crippen LogP contribution >= 0.6 is 11.3 Å². The molecule has 25 heavy (non-hydrogen) atoms. The van der Waals surface area contributed by atoms with Crippen LogP contribution in [0.4, 0.5) is 0 Å². The van der Waals surface area contributed by atoms with Crippen LogP contribution in [0.15, 0.2) is 41.5 Å². The molecule has 4 heterocycles. The molecule has 0 aromatic carbocycles. The topological polar surface area (TPSA) is 65.1 Å². The van der Waals surface area contributed by atoms with Gasteiger partial charge in [-0.2, -0.15) is 4.52 Å². The van der Waals surface area contributed by atoms with E-state index in [1.807, 2.05) is 19.1 Å². The number of aryl methyl sites for hydroxylation is 2. The van der Waals surface area contributed by atoms with Crippen LogP contribution in [-0.2, 0) is 6.54 Å². The van der Waals surface area contributed by atoms with Crippen LogP contribution in [0.25, 0.3) is 27.3 Å². The monoisotopic (exact) mass is 351 g/mol. The van der Waals surface area contributed by atoms with Crippen molar-refractivity contribution in [3.05, 3.63) is 57.6 Å². The third-order valence-corrected chi connectivity index (χ3v) is 5.45. The van der Waals surface area contributed by atoms with Crippen molar-refractivity contribution in [3.63, 3.8) is 0 Å². The summed E-state index contributed by atoms with van der Waals surface area (Å²) in [5, 5.41) is 5.45. The van der Waals surface area contributed by atoms with E-state index in [9.17, 15) is 4.79 Å². The van der Waals surface area contributed by atoms with Gasteiger partial charge in [-0.05, 0) is 38.5 Å². The molecular weight excluding hydrogens is 334 g/mol. The molecule has 0 spiro atoms. The third-order valence-electron chi connectivity index (χ3n) is 4.22. The minimum Gasteiger partial charge on any atom is -0.279 e. The molecule has 0 N–H and O–H groups in total. The number of pyridine rings is 1. The molecule has 6 nitrogen and oxygen atoms in total. The highest BCUT2D eigenvalue weighted by Crippen LogP contribution is 2.32. The maximum atomic E-state index is 13.0. The quantitative estimate of drug-likeness (QED) is 0.531. The summed E-state index contributed by atoms with van der Waals surface area (Å²) >= 11 is 1.61. The minimum absolute atomic E-state index is 0.195. The van der Waals surface area contributed by atoms with E-state index in [1.54, 1.807) is 28.3 Å². The number of hydrogen-bond donors (Lipinski definition) is 0. The Labute approximate surface area is 148 Å². The van der Waals surface area contributed by atoms with Gasteiger partial charge in [0, 0.05) is 29.4 Å². The second kappa shape index (κ2) is 5.63. The molecule has 0 atom stereocenters. The van der Waals surface area contributed by atoms with Crippen LogP contribution in [0.5, 0.6) is 0 Å². The number of aromatic nitrogens is 5. The number of allylic oxidation sites excluding steroid dienone is 1. The third kappa shape index (κ3) is 2.39. The van der Waals surface area contributed by atoms with Gasteiger partial charge in [-0.15, -0.1) is 16.4 Å². The first-order chi connectivity index (χ1) is 12.0. The lowest BCUT2D eigenvalue weighted by Crippen LogP contribution is -2.27. The van der Waals surface area contributed by atoms with Gasteiger partial charge in [-0.1, -0.05) is 12.2 Å². The van der Waals surface area contributed by atoms with Crippen molar-refractivity contribution >= 4 is 27.2 Å². The van der Waals surface area contributed by atoms with E-state index in [0.29, 0.717) is 18.0 Å². The Bertz CT molecular complexity index is 1180. The lowest BCUT2D eigenvalue weighted by molar-refractivity contribution is 0.713. The molecule has 7 heteroatoms. The summed E-state index contributed by atoms with van der Waals surface area (Å²) in [7, 11) is 0. The van der Waals surface area contributed by atoms with E-state index in [1.165, 1.54) is 9.39 Å². The predicted molar refractivity (Wildman–Crippen MR) is 100 cm³/mol. The summed E-state index contributed by atoms with van der Waals surface area (Å²) < 4.78 is 3.14. The standard InChI is InChI=1S/C18H17N5OS/c1-10(2)9-22-17-14(11(3)12(4)25-17)16-20-15(21-23(16)18(22)24)13-5-7-19-8-6-13/h5-8H,1,9H2,2-4H3. The van der Waals surface area contributed by atoms with Gasteiger partial charge < -0.3 is 0 Å². The lowest BCUT2D eigenvalue weighted by Gasteiger charge is -2.07. The van der Waals surface area contributed by atoms with Gasteiger partial charge in [0.2, 0.25) is 0 Å². The zero-order chi connectivity index (χ0) is 17.7. The van der Waals surface area contributed by atoms with E-state index in [4.69, 9.17) is 0 Å². The van der Waals surface area contributed by atoms with Crippen molar-refractivity contribution in [2.45, 2.75) is 27.3 Å². The average Bonchev–Trinajstić information content (AvgIpc) is 3.15. The Morgan fingerprint density at radius 2 is 2.00 bits per heavy atom. The summed E-state index contributed by atoms with van der Waals surface area (Å²) in [5.74, 6) is 0.525. The molecule has 0 unspecified atom stereocenters. The molecule has 0 aliphatic carbocycles. The Balaban J connectivity index is 2.14. The molecule has 0 aliphatic rings. The first-order valence-electron chi connectivity index (χ1n) is 7.91. The normalized spacial score (nSPS) is 11.5. The van der Waals surface area contributed by atoms with Gasteiger partial charge in [0.15, 0.2) is 11.5 Å². The van der Waals surface area contributed by atoms with E-state index < -0.39 is 0 Å². The Kier molecular flexibility index (Phi) is 3.54. The number of nitrogens with zero attached hydrogens (tertiary/aromatic N) is 5. The SMILES string of the molecule is C=C(C)Cn1c(=O)n2nc(-c3ccncc3)nc2c2c(C)c(C)sc21. The summed E-state index contributed by atoms with van der Waals surface area (Å²) in [4.78, 5) is 23.8. The molecule has 0 fully saturated rings. The number of rotatable bonds is 3. The molecule has 4 aromatic rings. The van der Waals surface area contributed by atoms with E-state index >= 15 is 0 Å². The summed E-state index contributed by atoms with van der Waals surface area (Å²) in [6, 6.07) is 3.67. The van der Waals surface area contributed by atoms with Gasteiger partial charge >= 0.3 is 5.69 Å². The number of fused-ring (bicyclic) bond motifs is 3.